The molecule has 3 aromatic rings. The minimum Gasteiger partial charge on any atom is -0.464 e. The summed E-state index contributed by atoms with van der Waals surface area (Å²) in [6, 6.07) is 9.36. The van der Waals surface area contributed by atoms with Crippen LogP contribution in [0.2, 0.25) is 0 Å². The van der Waals surface area contributed by atoms with Crippen molar-refractivity contribution in [1.82, 2.24) is 10.3 Å². The van der Waals surface area contributed by atoms with Gasteiger partial charge in [0.1, 0.15) is 22.9 Å². The van der Waals surface area contributed by atoms with Crippen molar-refractivity contribution in [2.45, 2.75) is 26.3 Å². The van der Waals surface area contributed by atoms with E-state index in [0.717, 1.165) is 11.8 Å². The molecule has 3 rings (SSSR count). The Bertz CT molecular complexity index is 858. The second kappa shape index (κ2) is 6.70. The van der Waals surface area contributed by atoms with Crippen LogP contribution in [0.5, 0.6) is 0 Å². The maximum absolute atomic E-state index is 13.0. The van der Waals surface area contributed by atoms with Crippen LogP contribution >= 0.6 is 0 Å². The van der Waals surface area contributed by atoms with Gasteiger partial charge in [-0.05, 0) is 43.7 Å². The lowest BCUT2D eigenvalue weighted by molar-refractivity contribution is 0.0934. The molecule has 0 bridgehead atoms. The van der Waals surface area contributed by atoms with E-state index in [-0.39, 0.29) is 23.5 Å². The lowest BCUT2D eigenvalue weighted by Gasteiger charge is -2.12. The quantitative estimate of drug-likeness (QED) is 0.735. The van der Waals surface area contributed by atoms with Gasteiger partial charge < -0.3 is 15.1 Å². The van der Waals surface area contributed by atoms with E-state index < -0.39 is 0 Å². The Kier molecular flexibility index (Phi) is 4.46. The van der Waals surface area contributed by atoms with E-state index in [1.54, 1.807) is 30.5 Å². The van der Waals surface area contributed by atoms with E-state index in [4.69, 9.17) is 4.42 Å². The molecule has 0 saturated heterocycles. The highest BCUT2D eigenvalue weighted by Gasteiger charge is 2.15. The van der Waals surface area contributed by atoms with Crippen molar-refractivity contribution in [3.8, 4) is 0 Å². The number of amides is 1. The van der Waals surface area contributed by atoms with Gasteiger partial charge in [0, 0.05) is 17.8 Å². The monoisotopic (exact) mass is 327 g/mol. The predicted octanol–water partition coefficient (Wildman–Crippen LogP) is 4.24. The second-order valence-electron chi connectivity index (χ2n) is 5.60. The number of furan rings is 1. The molecular formula is C18H18FN3O2. The summed E-state index contributed by atoms with van der Waals surface area (Å²) in [5.41, 5.74) is 1.50. The Labute approximate surface area is 138 Å². The first-order valence-electron chi connectivity index (χ1n) is 7.78. The molecule has 0 spiro atoms. The van der Waals surface area contributed by atoms with E-state index in [1.165, 1.54) is 12.1 Å². The molecule has 1 aromatic carbocycles. The van der Waals surface area contributed by atoms with Crippen molar-refractivity contribution < 1.29 is 13.6 Å². The zero-order valence-corrected chi connectivity index (χ0v) is 13.5. The number of carbonyl (C=O) groups excluding carboxylic acids is 1. The van der Waals surface area contributed by atoms with Crippen LogP contribution in [-0.2, 0) is 0 Å². The molecule has 0 aliphatic rings. The molecule has 0 saturated carbocycles. The van der Waals surface area contributed by atoms with E-state index in [1.807, 2.05) is 13.8 Å². The third-order valence-corrected chi connectivity index (χ3v) is 3.78. The minimum absolute atomic E-state index is 0.0557. The summed E-state index contributed by atoms with van der Waals surface area (Å²) >= 11 is 0. The molecule has 2 aromatic heterocycles. The summed E-state index contributed by atoms with van der Waals surface area (Å²) in [5.74, 6) is -0.0874. The minimum atomic E-state index is -0.316. The number of fused-ring (bicyclic) bond motifs is 1. The fraction of sp³-hybridized carbons (Fsp3) is 0.222. The lowest BCUT2D eigenvalue weighted by Crippen LogP contribution is -2.32. The molecule has 2 N–H and O–H groups in total. The number of carbonyl (C=O) groups is 1. The van der Waals surface area contributed by atoms with E-state index in [9.17, 15) is 9.18 Å². The van der Waals surface area contributed by atoms with Gasteiger partial charge in [-0.15, -0.1) is 0 Å². The molecule has 0 fully saturated rings. The number of halogens is 1. The van der Waals surface area contributed by atoms with E-state index >= 15 is 0 Å². The Morgan fingerprint density at radius 2 is 2.04 bits per heavy atom. The van der Waals surface area contributed by atoms with Crippen LogP contribution in [0, 0.1) is 5.82 Å². The number of hydrogen-bond acceptors (Lipinski definition) is 4. The molecular weight excluding hydrogens is 309 g/mol. The number of hydrogen-bond donors (Lipinski definition) is 2. The predicted molar refractivity (Wildman–Crippen MR) is 90.9 cm³/mol. The SMILES string of the molecule is CCC(C)NC(=O)c1cc2occc2c(Nc2ccc(F)cc2)n1. The first-order valence-corrected chi connectivity index (χ1v) is 7.78. The van der Waals surface area contributed by atoms with Gasteiger partial charge in [0.05, 0.1) is 11.6 Å². The van der Waals surface area contributed by atoms with Crippen LogP contribution in [0.3, 0.4) is 0 Å². The Morgan fingerprint density at radius 1 is 1.29 bits per heavy atom. The first kappa shape index (κ1) is 16.0. The van der Waals surface area contributed by atoms with Crippen LogP contribution in [0.4, 0.5) is 15.9 Å². The van der Waals surface area contributed by atoms with Gasteiger partial charge in [-0.2, -0.15) is 0 Å². The highest BCUT2D eigenvalue weighted by atomic mass is 19.1. The molecule has 0 radical (unpaired) electrons. The molecule has 1 unspecified atom stereocenters. The lowest BCUT2D eigenvalue weighted by atomic mass is 10.2. The molecule has 1 amide bonds. The summed E-state index contributed by atoms with van der Waals surface area (Å²) in [7, 11) is 0. The molecule has 2 heterocycles. The van der Waals surface area contributed by atoms with Crippen LogP contribution in [-0.4, -0.2) is 16.9 Å². The summed E-state index contributed by atoms with van der Waals surface area (Å²) in [4.78, 5) is 16.7. The summed E-state index contributed by atoms with van der Waals surface area (Å²) in [6.45, 7) is 3.93. The first-order chi connectivity index (χ1) is 11.6. The third-order valence-electron chi connectivity index (χ3n) is 3.78. The van der Waals surface area contributed by atoms with Crippen LogP contribution in [0.1, 0.15) is 30.8 Å². The van der Waals surface area contributed by atoms with E-state index in [2.05, 4.69) is 15.6 Å². The molecule has 0 aliphatic carbocycles. The maximum atomic E-state index is 13.0. The fourth-order valence-electron chi connectivity index (χ4n) is 2.25. The second-order valence-corrected chi connectivity index (χ2v) is 5.60. The largest absolute Gasteiger partial charge is 0.464 e. The number of benzene rings is 1. The smallest absolute Gasteiger partial charge is 0.270 e. The molecule has 0 aliphatic heterocycles. The van der Waals surface area contributed by atoms with Crippen molar-refractivity contribution in [3.05, 3.63) is 54.2 Å². The van der Waals surface area contributed by atoms with Gasteiger partial charge in [0.25, 0.3) is 5.91 Å². The van der Waals surface area contributed by atoms with Crippen molar-refractivity contribution in [3.63, 3.8) is 0 Å². The van der Waals surface area contributed by atoms with Crippen molar-refractivity contribution in [2.75, 3.05) is 5.32 Å². The molecule has 5 nitrogen and oxygen atoms in total. The molecule has 24 heavy (non-hydrogen) atoms. The van der Waals surface area contributed by atoms with E-state index in [0.29, 0.717) is 17.1 Å². The summed E-state index contributed by atoms with van der Waals surface area (Å²) < 4.78 is 18.5. The average molecular weight is 327 g/mol. The van der Waals surface area contributed by atoms with Crippen LogP contribution in [0.15, 0.2) is 47.1 Å². The maximum Gasteiger partial charge on any atom is 0.270 e. The standard InChI is InChI=1S/C18H18FN3O2/c1-3-11(2)20-18(23)15-10-16-14(8-9-24-16)17(22-15)21-13-6-4-12(19)5-7-13/h4-11H,3H2,1-2H3,(H,20,23)(H,21,22). The number of anilines is 2. The number of pyridine rings is 1. The van der Waals surface area contributed by atoms with Crippen LogP contribution in [0.25, 0.3) is 11.0 Å². The van der Waals surface area contributed by atoms with Gasteiger partial charge in [0.15, 0.2) is 0 Å². The average Bonchev–Trinajstić information content (AvgIpc) is 3.05. The number of nitrogens with one attached hydrogen (secondary N) is 2. The zero-order chi connectivity index (χ0) is 17.1. The number of rotatable bonds is 5. The van der Waals surface area contributed by atoms with Crippen molar-refractivity contribution in [1.29, 1.82) is 0 Å². The normalized spacial score (nSPS) is 12.1. The molecule has 124 valence electrons. The Morgan fingerprint density at radius 3 is 2.75 bits per heavy atom. The summed E-state index contributed by atoms with van der Waals surface area (Å²) in [6.07, 6.45) is 2.37. The fourth-order valence-corrected chi connectivity index (χ4v) is 2.25. The zero-order valence-electron chi connectivity index (χ0n) is 13.5. The topological polar surface area (TPSA) is 67.2 Å². The van der Waals surface area contributed by atoms with Crippen LogP contribution < -0.4 is 10.6 Å². The third kappa shape index (κ3) is 3.37. The number of aromatic nitrogens is 1. The van der Waals surface area contributed by atoms with Gasteiger partial charge >= 0.3 is 0 Å². The van der Waals surface area contributed by atoms with Gasteiger partial charge in [-0.3, -0.25) is 4.79 Å². The Balaban J connectivity index is 1.95. The van der Waals surface area contributed by atoms with Crippen molar-refractivity contribution in [2.24, 2.45) is 0 Å². The van der Waals surface area contributed by atoms with Gasteiger partial charge in [-0.25, -0.2) is 9.37 Å². The molecule has 1 atom stereocenters. The highest BCUT2D eigenvalue weighted by Crippen LogP contribution is 2.26. The molecule has 6 heteroatoms. The van der Waals surface area contributed by atoms with Gasteiger partial charge in [-0.1, -0.05) is 6.92 Å². The summed E-state index contributed by atoms with van der Waals surface area (Å²) in [5, 5.41) is 6.74. The Hall–Kier alpha value is -2.89. The number of nitrogens with zero attached hydrogens (tertiary/aromatic N) is 1. The van der Waals surface area contributed by atoms with Gasteiger partial charge in [0.2, 0.25) is 0 Å². The highest BCUT2D eigenvalue weighted by molar-refractivity contribution is 5.99. The van der Waals surface area contributed by atoms with Crippen molar-refractivity contribution >= 4 is 28.4 Å².